The van der Waals surface area contributed by atoms with Crippen LogP contribution >= 0.6 is 0 Å². The van der Waals surface area contributed by atoms with E-state index < -0.39 is 23.7 Å². The van der Waals surface area contributed by atoms with Gasteiger partial charge in [0.05, 0.1) is 12.5 Å². The maximum Gasteiger partial charge on any atom is 0.313 e. The molecule has 3 nitrogen and oxygen atoms in total. The van der Waals surface area contributed by atoms with Crippen molar-refractivity contribution in [3.63, 3.8) is 0 Å². The normalized spacial score (nSPS) is 33.1. The number of halogens is 2. The van der Waals surface area contributed by atoms with Gasteiger partial charge in [-0.2, -0.15) is 0 Å². The molecule has 1 saturated heterocycles. The van der Waals surface area contributed by atoms with Crippen LogP contribution in [-0.4, -0.2) is 32.6 Å². The van der Waals surface area contributed by atoms with Crippen LogP contribution in [0.3, 0.4) is 0 Å². The fourth-order valence-corrected chi connectivity index (χ4v) is 1.92. The van der Waals surface area contributed by atoms with Gasteiger partial charge in [0.15, 0.2) is 0 Å². The van der Waals surface area contributed by atoms with Crippen molar-refractivity contribution in [3.8, 4) is 0 Å². The van der Waals surface area contributed by atoms with Gasteiger partial charge in [-0.05, 0) is 19.9 Å². The molecule has 1 aliphatic heterocycles. The molecule has 1 heterocycles. The van der Waals surface area contributed by atoms with Gasteiger partial charge in [-0.1, -0.05) is 0 Å². The molecule has 0 aromatic carbocycles. The molecule has 5 heteroatoms. The van der Waals surface area contributed by atoms with Crippen LogP contribution in [0.25, 0.3) is 0 Å². The van der Waals surface area contributed by atoms with Gasteiger partial charge in [-0.25, -0.2) is 8.78 Å². The number of carbonyl (C=O) groups is 1. The van der Waals surface area contributed by atoms with E-state index in [1.165, 1.54) is 14.0 Å². The van der Waals surface area contributed by atoms with E-state index in [9.17, 15) is 13.6 Å². The average molecular weight is 207 g/mol. The van der Waals surface area contributed by atoms with E-state index in [2.05, 4.69) is 10.1 Å². The van der Waals surface area contributed by atoms with Crippen LogP contribution < -0.4 is 5.32 Å². The van der Waals surface area contributed by atoms with Crippen molar-refractivity contribution in [2.75, 3.05) is 20.2 Å². The quantitative estimate of drug-likeness (QED) is 0.687. The van der Waals surface area contributed by atoms with Crippen molar-refractivity contribution < 1.29 is 18.3 Å². The highest BCUT2D eigenvalue weighted by molar-refractivity contribution is 5.77. The summed E-state index contributed by atoms with van der Waals surface area (Å²) in [4.78, 5) is 11.4. The van der Waals surface area contributed by atoms with Crippen molar-refractivity contribution in [2.24, 2.45) is 11.3 Å². The molecule has 82 valence electrons. The third-order valence-electron chi connectivity index (χ3n) is 2.90. The second kappa shape index (κ2) is 4.21. The highest BCUT2D eigenvalue weighted by Crippen LogP contribution is 2.37. The van der Waals surface area contributed by atoms with Gasteiger partial charge in [0.1, 0.15) is 0 Å². The van der Waals surface area contributed by atoms with Gasteiger partial charge in [0, 0.05) is 12.5 Å². The summed E-state index contributed by atoms with van der Waals surface area (Å²) < 4.78 is 29.9. The van der Waals surface area contributed by atoms with Crippen LogP contribution in [-0.2, 0) is 9.53 Å². The van der Waals surface area contributed by atoms with Gasteiger partial charge in [-0.15, -0.1) is 0 Å². The number of hydrogen-bond donors (Lipinski definition) is 1. The number of piperidine rings is 1. The molecule has 14 heavy (non-hydrogen) atoms. The first kappa shape index (κ1) is 11.4. The number of rotatable bonds is 2. The molecule has 1 fully saturated rings. The van der Waals surface area contributed by atoms with Crippen LogP contribution in [0.5, 0.6) is 0 Å². The zero-order chi connectivity index (χ0) is 10.8. The summed E-state index contributed by atoms with van der Waals surface area (Å²) in [6.07, 6.45) is -2.16. The van der Waals surface area contributed by atoms with E-state index in [0.717, 1.165) is 0 Å². The summed E-state index contributed by atoms with van der Waals surface area (Å²) in [6.45, 7) is 2.32. The molecule has 0 aromatic rings. The predicted octanol–water partition coefficient (Wildman–Crippen LogP) is 1.04. The Hall–Kier alpha value is -0.710. The van der Waals surface area contributed by atoms with Gasteiger partial charge >= 0.3 is 5.97 Å². The fraction of sp³-hybridized carbons (Fsp3) is 0.889. The lowest BCUT2D eigenvalue weighted by Crippen LogP contribution is -2.52. The van der Waals surface area contributed by atoms with Crippen molar-refractivity contribution in [2.45, 2.75) is 19.8 Å². The Balaban J connectivity index is 2.84. The van der Waals surface area contributed by atoms with E-state index in [1.54, 1.807) is 0 Å². The van der Waals surface area contributed by atoms with Gasteiger partial charge in [-0.3, -0.25) is 4.79 Å². The summed E-state index contributed by atoms with van der Waals surface area (Å²) >= 11 is 0. The van der Waals surface area contributed by atoms with E-state index >= 15 is 0 Å². The van der Waals surface area contributed by atoms with Gasteiger partial charge in [0.2, 0.25) is 6.43 Å². The number of alkyl halides is 2. The molecule has 0 radical (unpaired) electrons. The molecule has 2 unspecified atom stereocenters. The maximum absolute atomic E-state index is 12.7. The summed E-state index contributed by atoms with van der Waals surface area (Å²) in [5.41, 5.74) is -1.10. The van der Waals surface area contributed by atoms with Crippen LogP contribution in [0.1, 0.15) is 13.3 Å². The van der Waals surface area contributed by atoms with Crippen LogP contribution in [0, 0.1) is 11.3 Å². The molecular formula is C9H15F2NO2. The molecule has 0 spiro atoms. The molecule has 0 saturated carbocycles. The van der Waals surface area contributed by atoms with Crippen LogP contribution in [0.4, 0.5) is 8.78 Å². The van der Waals surface area contributed by atoms with Crippen LogP contribution in [0.2, 0.25) is 0 Å². The van der Waals surface area contributed by atoms with Crippen LogP contribution in [0.15, 0.2) is 0 Å². The lowest BCUT2D eigenvalue weighted by atomic mass is 9.73. The molecule has 2 atom stereocenters. The minimum absolute atomic E-state index is 0.259. The van der Waals surface area contributed by atoms with E-state index in [4.69, 9.17) is 0 Å². The van der Waals surface area contributed by atoms with Gasteiger partial charge < -0.3 is 10.1 Å². The van der Waals surface area contributed by atoms with Crippen molar-refractivity contribution in [1.82, 2.24) is 5.32 Å². The predicted molar refractivity (Wildman–Crippen MR) is 47.1 cm³/mol. The third kappa shape index (κ3) is 1.87. The summed E-state index contributed by atoms with van der Waals surface area (Å²) in [5.74, 6) is -1.47. The Kier molecular flexibility index (Phi) is 3.42. The van der Waals surface area contributed by atoms with Crippen molar-refractivity contribution in [3.05, 3.63) is 0 Å². The number of ether oxygens (including phenoxy) is 1. The average Bonchev–Trinajstić information content (AvgIpc) is 2.16. The topological polar surface area (TPSA) is 38.3 Å². The number of nitrogens with one attached hydrogen (secondary N) is 1. The monoisotopic (exact) mass is 207 g/mol. The molecule has 0 bridgehead atoms. The number of hydrogen-bond acceptors (Lipinski definition) is 3. The Morgan fingerprint density at radius 3 is 2.79 bits per heavy atom. The number of carbonyl (C=O) groups excluding carboxylic acids is 1. The minimum atomic E-state index is -2.47. The highest BCUT2D eigenvalue weighted by Gasteiger charge is 2.48. The highest BCUT2D eigenvalue weighted by atomic mass is 19.3. The fourth-order valence-electron chi connectivity index (χ4n) is 1.92. The maximum atomic E-state index is 12.7. The summed E-state index contributed by atoms with van der Waals surface area (Å²) in [6, 6.07) is 0. The van der Waals surface area contributed by atoms with Crippen molar-refractivity contribution in [1.29, 1.82) is 0 Å². The lowest BCUT2D eigenvalue weighted by Gasteiger charge is -2.38. The second-order valence-electron chi connectivity index (χ2n) is 3.82. The zero-order valence-electron chi connectivity index (χ0n) is 8.35. The first-order chi connectivity index (χ1) is 6.52. The standard InChI is InChI=1S/C9H15F2NO2/c1-9(8(13)14-2)5-12-4-3-6(9)7(10)11/h6-7,12H,3-5H2,1-2H3. The molecule has 0 amide bonds. The zero-order valence-corrected chi connectivity index (χ0v) is 8.35. The second-order valence-corrected chi connectivity index (χ2v) is 3.82. The molecule has 1 aliphatic rings. The number of methoxy groups -OCH3 is 1. The molecular weight excluding hydrogens is 192 g/mol. The Morgan fingerprint density at radius 1 is 1.64 bits per heavy atom. The largest absolute Gasteiger partial charge is 0.469 e. The minimum Gasteiger partial charge on any atom is -0.469 e. The molecule has 1 rings (SSSR count). The Labute approximate surface area is 81.8 Å². The Morgan fingerprint density at radius 2 is 2.29 bits per heavy atom. The first-order valence-corrected chi connectivity index (χ1v) is 4.59. The Bertz CT molecular complexity index is 223. The van der Waals surface area contributed by atoms with Crippen molar-refractivity contribution >= 4 is 5.97 Å². The number of esters is 1. The SMILES string of the molecule is COC(=O)C1(C)CNCCC1C(F)F. The van der Waals surface area contributed by atoms with E-state index in [-0.39, 0.29) is 6.54 Å². The summed E-state index contributed by atoms with van der Waals surface area (Å²) in [7, 11) is 1.23. The van der Waals surface area contributed by atoms with E-state index in [1.807, 2.05) is 0 Å². The lowest BCUT2D eigenvalue weighted by molar-refractivity contribution is -0.161. The molecule has 0 aromatic heterocycles. The van der Waals surface area contributed by atoms with Gasteiger partial charge in [0.25, 0.3) is 0 Å². The first-order valence-electron chi connectivity index (χ1n) is 4.59. The smallest absolute Gasteiger partial charge is 0.313 e. The molecule has 1 N–H and O–H groups in total. The van der Waals surface area contributed by atoms with E-state index in [0.29, 0.717) is 13.0 Å². The summed E-state index contributed by atoms with van der Waals surface area (Å²) in [5, 5.41) is 2.94. The third-order valence-corrected chi connectivity index (χ3v) is 2.90. The molecule has 0 aliphatic carbocycles.